The van der Waals surface area contributed by atoms with Crippen LogP contribution in [0.1, 0.15) is 70.4 Å². The maximum Gasteiger partial charge on any atom is 0.236 e. The Morgan fingerprint density at radius 2 is 1.64 bits per heavy atom. The molecule has 0 spiro atoms. The van der Waals surface area contributed by atoms with Crippen molar-refractivity contribution >= 4 is 12.4 Å². The third-order valence-corrected chi connectivity index (χ3v) is 4.83. The van der Waals surface area contributed by atoms with Gasteiger partial charge in [0.25, 0.3) is 0 Å². The van der Waals surface area contributed by atoms with E-state index in [1.165, 1.54) is 57.4 Å². The summed E-state index contributed by atoms with van der Waals surface area (Å²) in [5.74, 6) is 1.66. The van der Waals surface area contributed by atoms with Crippen molar-refractivity contribution in [2.24, 2.45) is 0 Å². The molecule has 0 saturated carbocycles. The normalized spacial score (nSPS) is 9.79. The number of aryl methyl sites for hydroxylation is 1. The monoisotopic (exact) mass is 532 g/mol. The topological polar surface area (TPSA) is 93.3 Å². The van der Waals surface area contributed by atoms with Gasteiger partial charge in [-0.1, -0.05) is 70.4 Å². The Balaban J connectivity index is 0.000000720. The molecule has 1 aromatic heterocycles. The van der Waals surface area contributed by atoms with Gasteiger partial charge >= 0.3 is 0 Å². The third kappa shape index (κ3) is 14.9. The van der Waals surface area contributed by atoms with Gasteiger partial charge in [0.15, 0.2) is 11.5 Å². The van der Waals surface area contributed by atoms with Crippen LogP contribution in [0.15, 0.2) is 35.1 Å². The number of nitrogens with one attached hydrogen (secondary N) is 2. The molecule has 33 heavy (non-hydrogen) atoms. The Morgan fingerprint density at radius 3 is 2.21 bits per heavy atom. The van der Waals surface area contributed by atoms with Crippen LogP contribution in [-0.4, -0.2) is 30.1 Å². The van der Waals surface area contributed by atoms with Gasteiger partial charge in [0, 0.05) is 44.5 Å². The van der Waals surface area contributed by atoms with E-state index in [9.17, 15) is 9.59 Å². The first-order chi connectivity index (χ1) is 15.6. The summed E-state index contributed by atoms with van der Waals surface area (Å²) in [6.07, 6.45) is 13.7. The molecule has 0 aliphatic heterocycles. The number of methoxy groups -OCH3 is 1. The van der Waals surface area contributed by atoms with E-state index in [2.05, 4.69) is 29.1 Å². The minimum Gasteiger partial charge on any atom is -0.522 e. The number of ether oxygens (including phenoxy) is 2. The summed E-state index contributed by atoms with van der Waals surface area (Å²) in [6, 6.07) is 8.98. The summed E-state index contributed by atoms with van der Waals surface area (Å²) in [5.41, 5.74) is 0.480. The van der Waals surface area contributed by atoms with Crippen molar-refractivity contribution in [1.29, 1.82) is 0 Å². The Labute approximate surface area is 223 Å². The SMILES string of the molecule is CCCCCCCCCCCc1cc(=O)[nH]c(N[C-]=O)n1.[CH2-]COc1ccccc1OC.[Y]. The second kappa shape index (κ2) is 20.9. The molecular weight excluding hydrogens is 495 g/mol. The number of carbonyl (C=O) groups excluding carboxylic acids is 1. The van der Waals surface area contributed by atoms with Crippen LogP contribution in [0, 0.1) is 6.92 Å². The summed E-state index contributed by atoms with van der Waals surface area (Å²) >= 11 is 0. The summed E-state index contributed by atoms with van der Waals surface area (Å²) < 4.78 is 10.2. The average molecular weight is 532 g/mol. The fourth-order valence-electron chi connectivity index (χ4n) is 3.21. The maximum atomic E-state index is 11.4. The van der Waals surface area contributed by atoms with E-state index in [0.29, 0.717) is 6.61 Å². The molecule has 2 N–H and O–H groups in total. The molecule has 7 nitrogen and oxygen atoms in total. The number of unbranched alkanes of at least 4 members (excludes halogenated alkanes) is 8. The van der Waals surface area contributed by atoms with Gasteiger partial charge in [0.1, 0.15) is 0 Å². The fraction of sp³-hybridized carbons (Fsp3) is 0.520. The zero-order valence-electron chi connectivity index (χ0n) is 20.0. The predicted molar refractivity (Wildman–Crippen MR) is 129 cm³/mol. The molecule has 0 fully saturated rings. The molecule has 0 aliphatic carbocycles. The van der Waals surface area contributed by atoms with Gasteiger partial charge in [-0.05, 0) is 31.6 Å². The number of para-hydroxylation sites is 2. The van der Waals surface area contributed by atoms with Crippen LogP contribution >= 0.6 is 0 Å². The van der Waals surface area contributed by atoms with Crippen molar-refractivity contribution in [1.82, 2.24) is 9.97 Å². The molecule has 1 heterocycles. The van der Waals surface area contributed by atoms with Crippen LogP contribution in [-0.2, 0) is 43.9 Å². The smallest absolute Gasteiger partial charge is 0.236 e. The first kappa shape index (κ1) is 31.3. The summed E-state index contributed by atoms with van der Waals surface area (Å²) in [4.78, 5) is 28.2. The number of amides is 1. The second-order valence-corrected chi connectivity index (χ2v) is 7.39. The third-order valence-electron chi connectivity index (χ3n) is 4.83. The van der Waals surface area contributed by atoms with Crippen molar-refractivity contribution in [2.75, 3.05) is 19.0 Å². The fourth-order valence-corrected chi connectivity index (χ4v) is 3.21. The van der Waals surface area contributed by atoms with Crippen molar-refractivity contribution in [3.63, 3.8) is 0 Å². The van der Waals surface area contributed by atoms with Gasteiger partial charge in [-0.2, -0.15) is 0 Å². The van der Waals surface area contributed by atoms with Crippen LogP contribution in [0.5, 0.6) is 11.5 Å². The van der Waals surface area contributed by atoms with Gasteiger partial charge < -0.3 is 36.5 Å². The Hall–Kier alpha value is -1.73. The first-order valence-electron chi connectivity index (χ1n) is 11.4. The number of H-pyrrole nitrogens is 1. The van der Waals surface area contributed by atoms with E-state index >= 15 is 0 Å². The number of anilines is 1. The zero-order chi connectivity index (χ0) is 23.4. The average Bonchev–Trinajstić information content (AvgIpc) is 2.79. The van der Waals surface area contributed by atoms with Crippen LogP contribution in [0.2, 0.25) is 0 Å². The van der Waals surface area contributed by atoms with Crippen molar-refractivity contribution in [3.8, 4) is 11.5 Å². The molecular formula is C25H37N3O4Y-2. The molecule has 2 rings (SSSR count). The van der Waals surface area contributed by atoms with E-state index < -0.39 is 0 Å². The molecule has 0 unspecified atom stereocenters. The predicted octanol–water partition coefficient (Wildman–Crippen LogP) is 5.23. The van der Waals surface area contributed by atoms with E-state index in [1.54, 1.807) is 7.11 Å². The van der Waals surface area contributed by atoms with Gasteiger partial charge in [0.05, 0.1) is 19.5 Å². The molecule has 0 atom stereocenters. The summed E-state index contributed by atoms with van der Waals surface area (Å²) in [6.45, 7) is 6.23. The van der Waals surface area contributed by atoms with E-state index in [4.69, 9.17) is 9.47 Å². The Bertz CT molecular complexity index is 814. The minimum atomic E-state index is -0.242. The van der Waals surface area contributed by atoms with E-state index in [0.717, 1.165) is 36.5 Å². The standard InChI is InChI=1S/C16H26N3O2.C9H11O2.Y/c1-2-3-4-5-6-7-8-9-10-11-14-12-15(21)19-16(18-14)17-13-20;1-3-11-9-7-5-4-6-8(9)10-2;/h12H,2-11H2,1H3,(H2,17,18,19,20,21);4-7H,1,3H2,2H3;/q2*-1;. The minimum absolute atomic E-state index is 0. The van der Waals surface area contributed by atoms with Crippen LogP contribution in [0.3, 0.4) is 0 Å². The van der Waals surface area contributed by atoms with Gasteiger partial charge in [-0.15, -0.1) is 0 Å². The molecule has 1 amide bonds. The molecule has 1 radical (unpaired) electrons. The van der Waals surface area contributed by atoms with E-state index in [1.807, 2.05) is 24.3 Å². The van der Waals surface area contributed by atoms with Crippen LogP contribution < -0.4 is 20.3 Å². The van der Waals surface area contributed by atoms with Gasteiger partial charge in [-0.25, -0.2) is 0 Å². The number of hydrogen-bond acceptors (Lipinski definition) is 5. The number of benzene rings is 1. The van der Waals surface area contributed by atoms with Gasteiger partial charge in [-0.3, -0.25) is 4.79 Å². The van der Waals surface area contributed by atoms with Crippen molar-refractivity contribution in [2.45, 2.75) is 71.1 Å². The molecule has 0 saturated heterocycles. The zero-order valence-corrected chi connectivity index (χ0v) is 22.9. The molecule has 0 bridgehead atoms. The number of aromatic amines is 1. The quantitative estimate of drug-likeness (QED) is 0.186. The second-order valence-electron chi connectivity index (χ2n) is 7.39. The number of aromatic nitrogens is 2. The summed E-state index contributed by atoms with van der Waals surface area (Å²) in [7, 11) is 1.62. The van der Waals surface area contributed by atoms with Crippen LogP contribution in [0.25, 0.3) is 0 Å². The molecule has 8 heteroatoms. The largest absolute Gasteiger partial charge is 0.522 e. The Morgan fingerprint density at radius 1 is 1.03 bits per heavy atom. The van der Waals surface area contributed by atoms with Gasteiger partial charge in [0.2, 0.25) is 5.56 Å². The number of rotatable bonds is 15. The summed E-state index contributed by atoms with van der Waals surface area (Å²) in [5, 5.41) is 2.25. The number of hydrogen-bond donors (Lipinski definition) is 2. The molecule has 181 valence electrons. The van der Waals surface area contributed by atoms with Crippen LogP contribution in [0.4, 0.5) is 5.95 Å². The Kier molecular flexibility index (Phi) is 19.8. The molecule has 1 aromatic carbocycles. The first-order valence-corrected chi connectivity index (χ1v) is 11.4. The maximum absolute atomic E-state index is 11.4. The number of nitrogens with zero attached hydrogens (tertiary/aromatic N) is 1. The molecule has 2 aromatic rings. The van der Waals surface area contributed by atoms with Crippen molar-refractivity contribution in [3.05, 3.63) is 53.3 Å². The van der Waals surface area contributed by atoms with E-state index in [-0.39, 0.29) is 44.2 Å². The molecule has 0 aliphatic rings. The van der Waals surface area contributed by atoms with Crippen molar-refractivity contribution < 1.29 is 47.0 Å².